The molecule has 238 valence electrons. The van der Waals surface area contributed by atoms with Gasteiger partial charge in [-0.25, -0.2) is 14.9 Å². The summed E-state index contributed by atoms with van der Waals surface area (Å²) in [5, 5.41) is 10.5. The number of nitriles is 1. The summed E-state index contributed by atoms with van der Waals surface area (Å²) in [5.74, 6) is 0.886. The number of fused-ring (bicyclic) bond motifs is 2. The van der Waals surface area contributed by atoms with Gasteiger partial charge < -0.3 is 19.0 Å². The van der Waals surface area contributed by atoms with Crippen LogP contribution < -0.4 is 15.4 Å². The zero-order chi connectivity index (χ0) is 33.7. The topological polar surface area (TPSA) is 74.1 Å². The molecule has 0 unspecified atom stereocenters. The van der Waals surface area contributed by atoms with Gasteiger partial charge in [0.05, 0.1) is 18.2 Å². The third-order valence-corrected chi connectivity index (χ3v) is 9.71. The first-order chi connectivity index (χ1) is 22.3. The summed E-state index contributed by atoms with van der Waals surface area (Å²) in [7, 11) is 4.00. The second-order valence-electron chi connectivity index (χ2n) is 14.1. The first-order valence-corrected chi connectivity index (χ1v) is 16.0. The molecule has 0 atom stereocenters. The van der Waals surface area contributed by atoms with Gasteiger partial charge in [0.25, 0.3) is 5.70 Å². The van der Waals surface area contributed by atoms with E-state index in [1.807, 2.05) is 68.4 Å². The number of anilines is 2. The fourth-order valence-electron chi connectivity index (χ4n) is 6.76. The van der Waals surface area contributed by atoms with Crippen LogP contribution in [0.5, 0.6) is 0 Å². The van der Waals surface area contributed by atoms with Gasteiger partial charge in [-0.3, -0.25) is 0 Å². The molecule has 47 heavy (non-hydrogen) atoms. The molecule has 7 heteroatoms. The Labute approximate surface area is 276 Å². The van der Waals surface area contributed by atoms with Crippen LogP contribution >= 0.6 is 0 Å². The number of nitrogens with zero attached hydrogens (tertiary/aromatic N) is 4. The molecule has 2 aromatic carbocycles. The Hall–Kier alpha value is -5.27. The Kier molecular flexibility index (Phi) is 7.98. The Morgan fingerprint density at radius 2 is 1.70 bits per heavy atom. The van der Waals surface area contributed by atoms with Gasteiger partial charge in [0.2, 0.25) is 0 Å². The lowest BCUT2D eigenvalue weighted by atomic mass is 9.69. The molecule has 0 fully saturated rings. The highest BCUT2D eigenvalue weighted by molar-refractivity contribution is 5.91. The summed E-state index contributed by atoms with van der Waals surface area (Å²) in [6.45, 7) is 20.6. The molecule has 3 aliphatic heterocycles. The van der Waals surface area contributed by atoms with Crippen molar-refractivity contribution >= 4 is 34.0 Å². The van der Waals surface area contributed by atoms with Crippen molar-refractivity contribution in [3.8, 4) is 6.07 Å². The lowest BCUT2D eigenvalue weighted by Crippen LogP contribution is -2.44. The van der Waals surface area contributed by atoms with Gasteiger partial charge in [-0.15, -0.1) is 0 Å². The summed E-state index contributed by atoms with van der Waals surface area (Å²) in [6, 6.07) is 14.3. The molecule has 0 aliphatic carbocycles. The van der Waals surface area contributed by atoms with E-state index in [2.05, 4.69) is 43.5 Å². The van der Waals surface area contributed by atoms with Crippen LogP contribution in [0.4, 0.5) is 11.4 Å². The van der Waals surface area contributed by atoms with Crippen LogP contribution in [0, 0.1) is 17.9 Å². The molecular formula is C40H40N4O3. The third-order valence-electron chi connectivity index (χ3n) is 9.71. The van der Waals surface area contributed by atoms with Crippen LogP contribution in [0.3, 0.4) is 0 Å². The maximum atomic E-state index is 13.5. The Morgan fingerprint density at radius 3 is 2.36 bits per heavy atom. The van der Waals surface area contributed by atoms with Gasteiger partial charge in [0.15, 0.2) is 0 Å². The number of ether oxygens (including phenoxy) is 1. The minimum atomic E-state index is -0.424. The maximum absolute atomic E-state index is 13.5. The fourth-order valence-corrected chi connectivity index (χ4v) is 6.76. The molecule has 0 amide bonds. The van der Waals surface area contributed by atoms with Crippen molar-refractivity contribution < 1.29 is 9.15 Å². The standard InChI is InChI=1S/C40H40N4O3/c1-25(26-9-12-30(13-10-26)43(7)8)19-32-22-28(34(24-41)42-6)21-31(46-32)14-11-27-20-29-23-33-36-35(37(29)47-38(27)45)40(4,5)16-18-44(36)17-15-39(33,2)3/h9-14,19-23H,15-18H2,1-5,7-8H3/b14-11+,25-19+,34-28-. The molecule has 4 heterocycles. The smallest absolute Gasteiger partial charge is 0.343 e. The molecule has 1 aromatic heterocycles. The highest BCUT2D eigenvalue weighted by atomic mass is 16.5. The maximum Gasteiger partial charge on any atom is 0.343 e. The molecule has 0 N–H and O–H groups in total. The third kappa shape index (κ3) is 5.90. The molecule has 0 bridgehead atoms. The molecule has 7 nitrogen and oxygen atoms in total. The van der Waals surface area contributed by atoms with Crippen LogP contribution in [-0.2, 0) is 15.6 Å². The summed E-state index contributed by atoms with van der Waals surface area (Å²) in [6.07, 6.45) is 10.7. The van der Waals surface area contributed by atoms with Gasteiger partial charge in [-0.1, -0.05) is 39.8 Å². The van der Waals surface area contributed by atoms with Gasteiger partial charge >= 0.3 is 5.63 Å². The van der Waals surface area contributed by atoms with Gasteiger partial charge in [-0.05, 0) is 108 Å². The monoisotopic (exact) mass is 624 g/mol. The van der Waals surface area contributed by atoms with Crippen LogP contribution in [0.15, 0.2) is 92.7 Å². The first-order valence-electron chi connectivity index (χ1n) is 16.0. The number of hydrogen-bond acceptors (Lipinski definition) is 6. The van der Waals surface area contributed by atoms with Crippen molar-refractivity contribution in [1.29, 1.82) is 5.26 Å². The summed E-state index contributed by atoms with van der Waals surface area (Å²) < 4.78 is 12.3. The summed E-state index contributed by atoms with van der Waals surface area (Å²) in [4.78, 5) is 21.4. The molecule has 0 radical (unpaired) electrons. The normalized spacial score (nSPS) is 19.3. The van der Waals surface area contributed by atoms with Crippen LogP contribution in [0.25, 0.3) is 27.5 Å². The second-order valence-corrected chi connectivity index (χ2v) is 14.1. The highest BCUT2D eigenvalue weighted by Gasteiger charge is 2.41. The van der Waals surface area contributed by atoms with E-state index < -0.39 is 5.63 Å². The minimum absolute atomic E-state index is 0.00193. The lowest BCUT2D eigenvalue weighted by molar-refractivity contribution is 0.332. The van der Waals surface area contributed by atoms with Crippen molar-refractivity contribution in [2.45, 2.75) is 58.3 Å². The molecular weight excluding hydrogens is 584 g/mol. The zero-order valence-corrected chi connectivity index (χ0v) is 28.2. The van der Waals surface area contributed by atoms with E-state index in [1.165, 1.54) is 11.3 Å². The largest absolute Gasteiger partial charge is 0.457 e. The molecule has 3 aliphatic rings. The summed E-state index contributed by atoms with van der Waals surface area (Å²) in [5.41, 5.74) is 7.65. The zero-order valence-electron chi connectivity index (χ0n) is 28.2. The van der Waals surface area contributed by atoms with E-state index in [1.54, 1.807) is 24.3 Å². The van der Waals surface area contributed by atoms with Gasteiger partial charge in [-0.2, -0.15) is 0 Å². The van der Waals surface area contributed by atoms with E-state index >= 15 is 0 Å². The lowest BCUT2D eigenvalue weighted by Gasteiger charge is -2.48. The minimum Gasteiger partial charge on any atom is -0.457 e. The molecule has 0 spiro atoms. The predicted molar refractivity (Wildman–Crippen MR) is 190 cm³/mol. The van der Waals surface area contributed by atoms with Crippen molar-refractivity contribution in [2.24, 2.45) is 0 Å². The quantitative estimate of drug-likeness (QED) is 0.161. The molecule has 3 aromatic rings. The van der Waals surface area contributed by atoms with Crippen LogP contribution in [-0.4, -0.2) is 27.2 Å². The Balaban J connectivity index is 1.39. The van der Waals surface area contributed by atoms with Crippen molar-refractivity contribution in [1.82, 2.24) is 0 Å². The molecule has 0 saturated carbocycles. The van der Waals surface area contributed by atoms with Crippen LogP contribution in [0.1, 0.15) is 69.7 Å². The van der Waals surface area contributed by atoms with Crippen molar-refractivity contribution in [3.63, 3.8) is 0 Å². The number of rotatable bonds is 5. The SMILES string of the molecule is [C-]#[N+]/C(C#N)=C1C=C(/C=C/c2cc3cc4c5c(c3oc2=O)C(C)(C)CCN5CCC4(C)C)OC(/C=C(\C)c2ccc(N(C)C)cc2)=C/1. The second kappa shape index (κ2) is 11.8. The summed E-state index contributed by atoms with van der Waals surface area (Å²) >= 11 is 0. The predicted octanol–water partition coefficient (Wildman–Crippen LogP) is 8.64. The number of hydrogen-bond donors (Lipinski definition) is 0. The van der Waals surface area contributed by atoms with Crippen LogP contribution in [0.2, 0.25) is 0 Å². The number of allylic oxidation sites excluding steroid dienone is 7. The van der Waals surface area contributed by atoms with Gasteiger partial charge in [0, 0.05) is 49.5 Å². The Bertz CT molecular complexity index is 2070. The number of benzene rings is 2. The Morgan fingerprint density at radius 1 is 1.02 bits per heavy atom. The van der Waals surface area contributed by atoms with E-state index in [4.69, 9.17) is 15.7 Å². The van der Waals surface area contributed by atoms with E-state index in [0.717, 1.165) is 53.7 Å². The fraction of sp³-hybridized carbons (Fsp3) is 0.325. The highest BCUT2D eigenvalue weighted by Crippen LogP contribution is 2.51. The van der Waals surface area contributed by atoms with E-state index in [9.17, 15) is 10.1 Å². The average Bonchev–Trinajstić information content (AvgIpc) is 3.03. The van der Waals surface area contributed by atoms with E-state index in [-0.39, 0.29) is 16.5 Å². The average molecular weight is 625 g/mol. The molecule has 6 rings (SSSR count). The van der Waals surface area contributed by atoms with Crippen molar-refractivity contribution in [2.75, 3.05) is 37.0 Å². The molecule has 0 saturated heterocycles. The first kappa shape index (κ1) is 31.7. The van der Waals surface area contributed by atoms with Gasteiger partial charge in [0.1, 0.15) is 17.1 Å². The van der Waals surface area contributed by atoms with E-state index in [0.29, 0.717) is 28.2 Å². The van der Waals surface area contributed by atoms with Crippen molar-refractivity contribution in [3.05, 3.63) is 128 Å².